The van der Waals surface area contributed by atoms with E-state index >= 15 is 0 Å². The highest BCUT2D eigenvalue weighted by molar-refractivity contribution is 7.87. The van der Waals surface area contributed by atoms with Gasteiger partial charge in [0.15, 0.2) is 0 Å². The van der Waals surface area contributed by atoms with Gasteiger partial charge >= 0.3 is 15.6 Å². The molecule has 0 atom stereocenters. The molecule has 1 aliphatic heterocycles. The van der Waals surface area contributed by atoms with Crippen molar-refractivity contribution in [2.45, 2.75) is 5.51 Å². The Labute approximate surface area is 105 Å². The summed E-state index contributed by atoms with van der Waals surface area (Å²) in [6.07, 6.45) is 8.33. The molecule has 2 heterocycles. The van der Waals surface area contributed by atoms with E-state index in [1.165, 1.54) is 12.3 Å². The second-order valence-electron chi connectivity index (χ2n) is 3.31. The Balaban J connectivity index is 2.40. The van der Waals surface area contributed by atoms with E-state index in [0.29, 0.717) is 5.56 Å². The molecule has 102 valence electrons. The van der Waals surface area contributed by atoms with Crippen molar-refractivity contribution < 1.29 is 25.9 Å². The van der Waals surface area contributed by atoms with Crippen molar-refractivity contribution in [3.05, 3.63) is 35.8 Å². The predicted molar refractivity (Wildman–Crippen MR) is 59.5 cm³/mol. The molecular formula is C9H6F3N3O3S. The average Bonchev–Trinajstić information content (AvgIpc) is 2.57. The van der Waals surface area contributed by atoms with E-state index in [4.69, 9.17) is 0 Å². The number of aliphatic imine (C=N–C) groups is 1. The molecule has 0 aliphatic carbocycles. The molecule has 0 fully saturated rings. The molecule has 10 heteroatoms. The highest BCUT2D eigenvalue weighted by atomic mass is 32.2. The fraction of sp³-hybridized carbons (Fsp3) is 0.111. The van der Waals surface area contributed by atoms with Gasteiger partial charge in [0.25, 0.3) is 0 Å². The first kappa shape index (κ1) is 13.3. The van der Waals surface area contributed by atoms with Crippen LogP contribution in [0.15, 0.2) is 29.5 Å². The molecule has 1 aliphatic rings. The molecule has 2 rings (SSSR count). The summed E-state index contributed by atoms with van der Waals surface area (Å²) in [6.45, 7) is 0. The van der Waals surface area contributed by atoms with Gasteiger partial charge in [-0.25, -0.2) is 0 Å². The molecular weight excluding hydrogens is 287 g/mol. The van der Waals surface area contributed by atoms with E-state index in [-0.39, 0.29) is 10.5 Å². The number of halogens is 3. The zero-order valence-electron chi connectivity index (χ0n) is 9.07. The van der Waals surface area contributed by atoms with Gasteiger partial charge in [0.1, 0.15) is 5.69 Å². The molecule has 0 saturated carbocycles. The van der Waals surface area contributed by atoms with Crippen LogP contribution in [0.5, 0.6) is 0 Å². The number of aromatic nitrogens is 2. The maximum atomic E-state index is 12.2. The number of rotatable bonds is 2. The van der Waals surface area contributed by atoms with Crippen LogP contribution in [0.25, 0.3) is 6.08 Å². The highest BCUT2D eigenvalue weighted by Crippen LogP contribution is 2.23. The molecule has 1 aromatic rings. The molecule has 0 amide bonds. The van der Waals surface area contributed by atoms with Gasteiger partial charge < -0.3 is 0 Å². The van der Waals surface area contributed by atoms with Gasteiger partial charge in [0.05, 0.1) is 12.4 Å². The van der Waals surface area contributed by atoms with Crippen LogP contribution in [0, 0.1) is 0 Å². The van der Waals surface area contributed by atoms with Crippen LogP contribution in [-0.2, 0) is 10.1 Å². The van der Waals surface area contributed by atoms with E-state index in [2.05, 4.69) is 14.4 Å². The van der Waals surface area contributed by atoms with E-state index in [9.17, 15) is 21.6 Å². The second-order valence-corrected chi connectivity index (χ2v) is 4.83. The van der Waals surface area contributed by atoms with Crippen molar-refractivity contribution in [1.29, 1.82) is 0 Å². The van der Waals surface area contributed by atoms with Crippen LogP contribution in [0.1, 0.15) is 11.3 Å². The number of allylic oxidation sites excluding steroid dienone is 2. The molecule has 6 nitrogen and oxygen atoms in total. The molecule has 19 heavy (non-hydrogen) atoms. The van der Waals surface area contributed by atoms with Gasteiger partial charge in [0, 0.05) is 11.8 Å². The number of hydrogen-bond donors (Lipinski definition) is 0. The molecule has 0 saturated heterocycles. The lowest BCUT2D eigenvalue weighted by Crippen LogP contribution is -2.34. The summed E-state index contributed by atoms with van der Waals surface area (Å²) in [5.74, 6) is 0. The monoisotopic (exact) mass is 293 g/mol. The summed E-state index contributed by atoms with van der Waals surface area (Å²) in [7, 11) is -5.78. The lowest BCUT2D eigenvalue weighted by atomic mass is 10.2. The van der Waals surface area contributed by atoms with Crippen molar-refractivity contribution in [3.8, 4) is 0 Å². The summed E-state index contributed by atoms with van der Waals surface area (Å²) in [5.41, 5.74) is -5.18. The summed E-state index contributed by atoms with van der Waals surface area (Å²) in [4.78, 5) is 3.98. The van der Waals surface area contributed by atoms with Crippen LogP contribution in [0.4, 0.5) is 13.2 Å². The van der Waals surface area contributed by atoms with E-state index in [0.717, 1.165) is 12.4 Å². The quantitative estimate of drug-likeness (QED) is 0.766. The first-order chi connectivity index (χ1) is 8.81. The lowest BCUT2D eigenvalue weighted by molar-refractivity contribution is -0.0556. The zero-order valence-corrected chi connectivity index (χ0v) is 9.89. The Hall–Kier alpha value is -2.10. The average molecular weight is 293 g/mol. The van der Waals surface area contributed by atoms with E-state index in [1.54, 1.807) is 12.2 Å². The van der Waals surface area contributed by atoms with Crippen molar-refractivity contribution in [3.63, 3.8) is 0 Å². The van der Waals surface area contributed by atoms with E-state index in [1.807, 2.05) is 0 Å². The van der Waals surface area contributed by atoms with E-state index < -0.39 is 15.6 Å². The molecule has 0 N–H and O–H groups in total. The summed E-state index contributed by atoms with van der Waals surface area (Å²) in [5, 5.41) is 3.42. The van der Waals surface area contributed by atoms with Crippen LogP contribution >= 0.6 is 0 Å². The number of alkyl halides is 3. The third-order valence-electron chi connectivity index (χ3n) is 2.01. The second kappa shape index (κ2) is 4.53. The largest absolute Gasteiger partial charge is 0.536 e. The molecule has 0 bridgehead atoms. The molecule has 0 unspecified atom stereocenters. The maximum absolute atomic E-state index is 12.2. The zero-order chi connectivity index (χ0) is 14.1. The third kappa shape index (κ3) is 2.67. The molecule has 0 aromatic carbocycles. The van der Waals surface area contributed by atoms with Crippen molar-refractivity contribution in [1.82, 2.24) is 9.94 Å². The maximum Gasteiger partial charge on any atom is 0.536 e. The smallest absolute Gasteiger partial charge is 0.262 e. The topological polar surface area (TPSA) is 73.6 Å². The molecule has 1 aromatic heterocycles. The summed E-state index contributed by atoms with van der Waals surface area (Å²) in [6, 6.07) is 0. The SMILES string of the molecule is O=S(=O)(On1ncc2c1C=NC=CC=C2)C(F)(F)F. The van der Waals surface area contributed by atoms with Crippen LogP contribution in [0.2, 0.25) is 0 Å². The standard InChI is InChI=1S/C9H6F3N3O3S/c10-9(11,12)19(16,17)18-15-8-6-13-4-2-1-3-7(8)5-14-15/h1-6H. The van der Waals surface area contributed by atoms with Crippen LogP contribution < -0.4 is 4.28 Å². The van der Waals surface area contributed by atoms with Crippen molar-refractivity contribution in [2.75, 3.05) is 0 Å². The Morgan fingerprint density at radius 3 is 2.68 bits per heavy atom. The highest BCUT2D eigenvalue weighted by Gasteiger charge is 2.49. The van der Waals surface area contributed by atoms with Gasteiger partial charge in [-0.1, -0.05) is 17.0 Å². The summed E-state index contributed by atoms with van der Waals surface area (Å²) < 4.78 is 62.2. The predicted octanol–water partition coefficient (Wildman–Crippen LogP) is 1.12. The third-order valence-corrected chi connectivity index (χ3v) is 2.92. The summed E-state index contributed by atoms with van der Waals surface area (Å²) >= 11 is 0. The Bertz CT molecular complexity index is 671. The van der Waals surface area contributed by atoms with Crippen LogP contribution in [-0.4, -0.2) is 30.1 Å². The first-order valence-corrected chi connectivity index (χ1v) is 6.18. The number of hydrogen-bond acceptors (Lipinski definition) is 5. The van der Waals surface area contributed by atoms with Gasteiger partial charge in [0.2, 0.25) is 0 Å². The Kier molecular flexibility index (Phi) is 3.18. The fourth-order valence-corrected chi connectivity index (χ4v) is 1.56. The normalized spacial score (nSPS) is 14.9. The van der Waals surface area contributed by atoms with Crippen molar-refractivity contribution >= 4 is 22.4 Å². The minimum atomic E-state index is -5.78. The number of fused-ring (bicyclic) bond motifs is 1. The van der Waals surface area contributed by atoms with Crippen molar-refractivity contribution in [2.24, 2.45) is 4.99 Å². The van der Waals surface area contributed by atoms with Gasteiger partial charge in [-0.05, 0) is 6.08 Å². The Morgan fingerprint density at radius 1 is 1.26 bits per heavy atom. The lowest BCUT2D eigenvalue weighted by Gasteiger charge is -2.09. The minimum absolute atomic E-state index is 0.0200. The fourth-order valence-electron chi connectivity index (χ4n) is 1.17. The van der Waals surface area contributed by atoms with Gasteiger partial charge in [-0.3, -0.25) is 9.28 Å². The van der Waals surface area contributed by atoms with Gasteiger partial charge in [-0.2, -0.15) is 21.6 Å². The first-order valence-electron chi connectivity index (χ1n) is 4.77. The van der Waals surface area contributed by atoms with Gasteiger partial charge in [-0.15, -0.1) is 5.10 Å². The molecule has 0 radical (unpaired) electrons. The molecule has 0 spiro atoms. The minimum Gasteiger partial charge on any atom is -0.262 e. The number of nitrogens with zero attached hydrogens (tertiary/aromatic N) is 3. The Morgan fingerprint density at radius 2 is 2.00 bits per heavy atom. The van der Waals surface area contributed by atoms with Crippen LogP contribution in [0.3, 0.4) is 0 Å².